The van der Waals surface area contributed by atoms with Crippen LogP contribution in [0.15, 0.2) is 83.9 Å². The van der Waals surface area contributed by atoms with Crippen molar-refractivity contribution in [3.8, 4) is 0 Å². The fourth-order valence-corrected chi connectivity index (χ4v) is 3.19. The maximum absolute atomic E-state index is 11.5. The number of para-hydroxylation sites is 1. The molecule has 0 unspecified atom stereocenters. The van der Waals surface area contributed by atoms with Crippen LogP contribution in [0.25, 0.3) is 5.70 Å². The Morgan fingerprint density at radius 3 is 2.18 bits per heavy atom. The summed E-state index contributed by atoms with van der Waals surface area (Å²) in [6, 6.07) is 22.3. The van der Waals surface area contributed by atoms with Gasteiger partial charge in [-0.3, -0.25) is 15.1 Å². The molecule has 0 radical (unpaired) electrons. The number of hydrogen-bond acceptors (Lipinski definition) is 4. The highest BCUT2D eigenvalue weighted by molar-refractivity contribution is 14.1. The lowest BCUT2D eigenvalue weighted by Gasteiger charge is -2.11. The average molecular weight is 595 g/mol. The quantitative estimate of drug-likeness (QED) is 0.150. The predicted octanol–water partition coefficient (Wildman–Crippen LogP) is 6.66. The molecule has 3 aromatic rings. The smallest absolute Gasteiger partial charge is 0.278 e. The predicted molar refractivity (Wildman–Crippen MR) is 131 cm³/mol. The van der Waals surface area contributed by atoms with Crippen molar-refractivity contribution in [2.75, 3.05) is 5.32 Å². The summed E-state index contributed by atoms with van der Waals surface area (Å²) in [5.74, 6) is 0. The Bertz CT molecular complexity index is 1030. The molecule has 0 saturated carbocycles. The third-order valence-electron chi connectivity index (χ3n) is 3.81. The number of aliphatic imine (C=N–C) groups is 1. The molecule has 1 N–H and O–H groups in total. The molecule has 140 valence electrons. The second-order valence-electron chi connectivity index (χ2n) is 5.74. The first kappa shape index (κ1) is 20.5. The summed E-state index contributed by atoms with van der Waals surface area (Å²) in [7, 11) is 0. The van der Waals surface area contributed by atoms with Crippen LogP contribution in [0.4, 0.5) is 17.1 Å². The van der Waals surface area contributed by atoms with Crippen LogP contribution in [0.5, 0.6) is 0 Å². The number of anilines is 1. The number of nitro benzene ring substituents is 1. The van der Waals surface area contributed by atoms with Gasteiger partial charge in [-0.25, -0.2) is 0 Å². The summed E-state index contributed by atoms with van der Waals surface area (Å²) in [6.45, 7) is 0. The SMILES string of the molecule is O=[N+]([O-])c1ccccc1/C(=C\C=Nc1ccc(I)cc1)Nc1ccc(I)cc1. The van der Waals surface area contributed by atoms with Crippen molar-refractivity contribution in [1.29, 1.82) is 0 Å². The fraction of sp³-hybridized carbons (Fsp3) is 0. The van der Waals surface area contributed by atoms with E-state index in [0.29, 0.717) is 11.3 Å². The molecule has 0 amide bonds. The van der Waals surface area contributed by atoms with E-state index in [1.807, 2.05) is 48.5 Å². The van der Waals surface area contributed by atoms with E-state index in [4.69, 9.17) is 0 Å². The fourth-order valence-electron chi connectivity index (χ4n) is 2.47. The minimum absolute atomic E-state index is 0.0365. The first-order chi connectivity index (χ1) is 13.5. The molecule has 28 heavy (non-hydrogen) atoms. The summed E-state index contributed by atoms with van der Waals surface area (Å²) in [5, 5.41) is 14.7. The van der Waals surface area contributed by atoms with Gasteiger partial charge >= 0.3 is 0 Å². The van der Waals surface area contributed by atoms with Crippen LogP contribution in [-0.4, -0.2) is 11.1 Å². The second kappa shape index (κ2) is 9.78. The van der Waals surface area contributed by atoms with Gasteiger partial charge < -0.3 is 5.32 Å². The number of nitrogens with one attached hydrogen (secondary N) is 1. The van der Waals surface area contributed by atoms with E-state index in [2.05, 4.69) is 55.5 Å². The highest BCUT2D eigenvalue weighted by Crippen LogP contribution is 2.27. The molecule has 0 spiro atoms. The number of nitro groups is 1. The molecule has 0 aliphatic rings. The van der Waals surface area contributed by atoms with E-state index < -0.39 is 0 Å². The lowest BCUT2D eigenvalue weighted by Crippen LogP contribution is -2.03. The number of nitrogens with zero attached hydrogens (tertiary/aromatic N) is 2. The molecule has 0 heterocycles. The molecule has 5 nitrogen and oxygen atoms in total. The maximum atomic E-state index is 11.5. The maximum Gasteiger partial charge on any atom is 0.278 e. The highest BCUT2D eigenvalue weighted by atomic mass is 127. The zero-order valence-corrected chi connectivity index (χ0v) is 18.9. The summed E-state index contributed by atoms with van der Waals surface area (Å²) in [5.41, 5.74) is 2.79. The van der Waals surface area contributed by atoms with Gasteiger partial charge in [0.1, 0.15) is 0 Å². The van der Waals surface area contributed by atoms with Gasteiger partial charge in [0.25, 0.3) is 5.69 Å². The lowest BCUT2D eigenvalue weighted by molar-refractivity contribution is -0.385. The Morgan fingerprint density at radius 2 is 1.54 bits per heavy atom. The Labute approximate surface area is 190 Å². The van der Waals surface area contributed by atoms with Gasteiger partial charge in [0.15, 0.2) is 0 Å². The number of halogens is 2. The molecule has 0 bridgehead atoms. The molecule has 7 heteroatoms. The minimum Gasteiger partial charge on any atom is -0.355 e. The van der Waals surface area contributed by atoms with E-state index in [-0.39, 0.29) is 10.6 Å². The monoisotopic (exact) mass is 595 g/mol. The van der Waals surface area contributed by atoms with Gasteiger partial charge in [-0.2, -0.15) is 0 Å². The molecule has 3 aromatic carbocycles. The number of hydrogen-bond donors (Lipinski definition) is 1. The zero-order valence-electron chi connectivity index (χ0n) is 14.5. The molecule has 0 saturated heterocycles. The molecule has 0 aliphatic carbocycles. The van der Waals surface area contributed by atoms with Crippen molar-refractivity contribution in [2.24, 2.45) is 4.99 Å². The van der Waals surface area contributed by atoms with E-state index in [0.717, 1.165) is 18.5 Å². The standard InChI is InChI=1S/C21H15I2N3O2/c22-15-5-9-17(10-6-15)24-14-13-20(25-18-11-7-16(23)8-12-18)19-3-1-2-4-21(19)26(27)28/h1-14,25H/b20-13+,24-14?. The molecule has 0 fully saturated rings. The van der Waals surface area contributed by atoms with Crippen LogP contribution in [0.1, 0.15) is 5.56 Å². The minimum atomic E-state index is -0.380. The summed E-state index contributed by atoms with van der Waals surface area (Å²) < 4.78 is 2.24. The normalized spacial score (nSPS) is 11.6. The number of rotatable bonds is 6. The first-order valence-electron chi connectivity index (χ1n) is 8.29. The van der Waals surface area contributed by atoms with Crippen molar-refractivity contribution < 1.29 is 4.92 Å². The van der Waals surface area contributed by atoms with Crippen molar-refractivity contribution in [2.45, 2.75) is 0 Å². The highest BCUT2D eigenvalue weighted by Gasteiger charge is 2.16. The molecular formula is C21H15I2N3O2. The van der Waals surface area contributed by atoms with Crippen molar-refractivity contribution in [3.05, 3.63) is 102 Å². The van der Waals surface area contributed by atoms with Crippen molar-refractivity contribution in [3.63, 3.8) is 0 Å². The molecule has 3 rings (SSSR count). The Kier molecular flexibility index (Phi) is 7.15. The molecule has 0 aliphatic heterocycles. The van der Waals surface area contributed by atoms with E-state index in [1.165, 1.54) is 6.07 Å². The molecule has 0 atom stereocenters. The van der Waals surface area contributed by atoms with Crippen molar-refractivity contribution >= 4 is 74.2 Å². The third-order valence-corrected chi connectivity index (χ3v) is 5.24. The second-order valence-corrected chi connectivity index (χ2v) is 8.23. The lowest BCUT2D eigenvalue weighted by atomic mass is 10.1. The Morgan fingerprint density at radius 1 is 0.929 bits per heavy atom. The van der Waals surface area contributed by atoms with Crippen LogP contribution in [0, 0.1) is 17.3 Å². The van der Waals surface area contributed by atoms with E-state index >= 15 is 0 Å². The van der Waals surface area contributed by atoms with Gasteiger partial charge in [-0.15, -0.1) is 0 Å². The van der Waals surface area contributed by atoms with E-state index in [9.17, 15) is 10.1 Å². The summed E-state index contributed by atoms with van der Waals surface area (Å²) in [6.07, 6.45) is 3.40. The molecular weight excluding hydrogens is 580 g/mol. The number of allylic oxidation sites excluding steroid dienone is 1. The Hall–Kier alpha value is -2.27. The zero-order chi connectivity index (χ0) is 19.9. The van der Waals surface area contributed by atoms with Crippen LogP contribution >= 0.6 is 45.2 Å². The average Bonchev–Trinajstić information content (AvgIpc) is 2.70. The largest absolute Gasteiger partial charge is 0.355 e. The Balaban J connectivity index is 1.97. The van der Waals surface area contributed by atoms with Crippen molar-refractivity contribution in [1.82, 2.24) is 0 Å². The third kappa shape index (κ3) is 5.61. The molecule has 0 aromatic heterocycles. The van der Waals surface area contributed by atoms with Gasteiger partial charge in [0, 0.05) is 25.1 Å². The van der Waals surface area contributed by atoms with Crippen LogP contribution < -0.4 is 5.32 Å². The summed E-state index contributed by atoms with van der Waals surface area (Å²) >= 11 is 4.47. The summed E-state index contributed by atoms with van der Waals surface area (Å²) in [4.78, 5) is 15.5. The van der Waals surface area contributed by atoms with Gasteiger partial charge in [0.2, 0.25) is 0 Å². The first-order valence-corrected chi connectivity index (χ1v) is 10.4. The van der Waals surface area contributed by atoms with Crippen LogP contribution in [-0.2, 0) is 0 Å². The van der Waals surface area contributed by atoms with Crippen LogP contribution in [0.3, 0.4) is 0 Å². The van der Waals surface area contributed by atoms with Gasteiger partial charge in [0.05, 0.1) is 21.9 Å². The number of benzene rings is 3. The topological polar surface area (TPSA) is 67.5 Å². The van der Waals surface area contributed by atoms with Gasteiger partial charge in [-0.1, -0.05) is 12.1 Å². The van der Waals surface area contributed by atoms with Gasteiger partial charge in [-0.05, 0) is 106 Å². The van der Waals surface area contributed by atoms with E-state index in [1.54, 1.807) is 30.5 Å². The van der Waals surface area contributed by atoms with Crippen LogP contribution in [0.2, 0.25) is 0 Å².